The number of rotatable bonds is 2. The van der Waals surface area contributed by atoms with E-state index < -0.39 is 0 Å². The lowest BCUT2D eigenvalue weighted by molar-refractivity contribution is 1.06. The minimum atomic E-state index is -0.210. The first-order chi connectivity index (χ1) is 6.56. The van der Waals surface area contributed by atoms with Gasteiger partial charge in [0.1, 0.15) is 0 Å². The summed E-state index contributed by atoms with van der Waals surface area (Å²) in [7, 11) is 0. The summed E-state index contributed by atoms with van der Waals surface area (Å²) in [6.45, 7) is 6.11. The van der Waals surface area contributed by atoms with Gasteiger partial charge in [0, 0.05) is 12.1 Å². The zero-order chi connectivity index (χ0) is 10.7. The van der Waals surface area contributed by atoms with Crippen molar-refractivity contribution >= 4 is 11.7 Å². The minimum Gasteiger partial charge on any atom is -0.369 e. The Kier molecular flexibility index (Phi) is 3.01. The van der Waals surface area contributed by atoms with E-state index >= 15 is 0 Å². The average molecular weight is 194 g/mol. The zero-order valence-electron chi connectivity index (χ0n) is 8.59. The molecular weight excluding hydrogens is 180 g/mol. The highest BCUT2D eigenvalue weighted by atomic mass is 16.1. The SMILES string of the molecule is CCN=C(C)c1nc(N)[nH]c(=O)c1C. The quantitative estimate of drug-likeness (QED) is 0.672. The van der Waals surface area contributed by atoms with Crippen LogP contribution in [0.3, 0.4) is 0 Å². The van der Waals surface area contributed by atoms with Gasteiger partial charge in [-0.3, -0.25) is 14.8 Å². The predicted molar refractivity (Wildman–Crippen MR) is 56.8 cm³/mol. The molecule has 0 spiro atoms. The van der Waals surface area contributed by atoms with Gasteiger partial charge in [-0.25, -0.2) is 4.98 Å². The van der Waals surface area contributed by atoms with Gasteiger partial charge in [0.25, 0.3) is 5.56 Å². The number of aromatic amines is 1. The Morgan fingerprint density at radius 1 is 1.64 bits per heavy atom. The highest BCUT2D eigenvalue weighted by Gasteiger charge is 2.08. The molecule has 3 N–H and O–H groups in total. The highest BCUT2D eigenvalue weighted by Crippen LogP contribution is 2.02. The summed E-state index contributed by atoms with van der Waals surface area (Å²) in [5, 5.41) is 0. The Morgan fingerprint density at radius 2 is 2.29 bits per heavy atom. The van der Waals surface area contributed by atoms with Crippen molar-refractivity contribution in [3.8, 4) is 0 Å². The van der Waals surface area contributed by atoms with E-state index in [-0.39, 0.29) is 11.5 Å². The Balaban J connectivity index is 3.34. The molecule has 14 heavy (non-hydrogen) atoms. The van der Waals surface area contributed by atoms with E-state index in [0.717, 1.165) is 5.71 Å². The molecule has 0 unspecified atom stereocenters. The highest BCUT2D eigenvalue weighted by molar-refractivity contribution is 5.98. The van der Waals surface area contributed by atoms with Gasteiger partial charge in [-0.05, 0) is 20.8 Å². The lowest BCUT2D eigenvalue weighted by Gasteiger charge is -2.03. The second kappa shape index (κ2) is 4.04. The van der Waals surface area contributed by atoms with Crippen LogP contribution in [0.1, 0.15) is 25.1 Å². The topological polar surface area (TPSA) is 84.1 Å². The average Bonchev–Trinajstić information content (AvgIpc) is 2.11. The van der Waals surface area contributed by atoms with Gasteiger partial charge in [-0.15, -0.1) is 0 Å². The van der Waals surface area contributed by atoms with Crippen molar-refractivity contribution in [2.75, 3.05) is 12.3 Å². The maximum absolute atomic E-state index is 11.3. The molecule has 1 heterocycles. The number of hydrogen-bond acceptors (Lipinski definition) is 4. The first-order valence-electron chi connectivity index (χ1n) is 4.44. The number of nitrogens with zero attached hydrogens (tertiary/aromatic N) is 2. The summed E-state index contributed by atoms with van der Waals surface area (Å²) in [4.78, 5) is 22.0. The molecule has 0 aromatic carbocycles. The number of hydrogen-bond donors (Lipinski definition) is 2. The van der Waals surface area contributed by atoms with Crippen LogP contribution < -0.4 is 11.3 Å². The zero-order valence-corrected chi connectivity index (χ0v) is 8.59. The lowest BCUT2D eigenvalue weighted by Crippen LogP contribution is -2.19. The molecule has 0 radical (unpaired) electrons. The number of H-pyrrole nitrogens is 1. The van der Waals surface area contributed by atoms with Crippen LogP contribution in [0.25, 0.3) is 0 Å². The van der Waals surface area contributed by atoms with Gasteiger partial charge in [0.15, 0.2) is 0 Å². The fourth-order valence-corrected chi connectivity index (χ4v) is 1.21. The number of nitrogens with two attached hydrogens (primary N) is 1. The fraction of sp³-hybridized carbons (Fsp3) is 0.444. The number of nitrogens with one attached hydrogen (secondary N) is 1. The molecule has 0 saturated carbocycles. The molecule has 1 aromatic heterocycles. The molecule has 0 bridgehead atoms. The van der Waals surface area contributed by atoms with Gasteiger partial charge in [0.05, 0.1) is 11.4 Å². The van der Waals surface area contributed by atoms with Crippen LogP contribution in [0, 0.1) is 6.92 Å². The number of aliphatic imine (C=N–C) groups is 1. The van der Waals surface area contributed by atoms with E-state index in [9.17, 15) is 4.79 Å². The molecule has 0 atom stereocenters. The predicted octanol–water partition coefficient (Wildman–Crippen LogP) is 0.489. The molecule has 0 amide bonds. The largest absolute Gasteiger partial charge is 0.369 e. The lowest BCUT2D eigenvalue weighted by atomic mass is 10.2. The van der Waals surface area contributed by atoms with Crippen molar-refractivity contribution in [2.24, 2.45) is 4.99 Å². The van der Waals surface area contributed by atoms with Crippen molar-refractivity contribution in [1.29, 1.82) is 0 Å². The Morgan fingerprint density at radius 3 is 2.86 bits per heavy atom. The summed E-state index contributed by atoms with van der Waals surface area (Å²) < 4.78 is 0. The molecule has 0 aliphatic heterocycles. The normalized spacial score (nSPS) is 11.8. The van der Waals surface area contributed by atoms with Crippen LogP contribution in [-0.4, -0.2) is 22.2 Å². The molecule has 0 fully saturated rings. The minimum absolute atomic E-state index is 0.126. The van der Waals surface area contributed by atoms with E-state index in [1.807, 2.05) is 13.8 Å². The molecule has 5 nitrogen and oxygen atoms in total. The molecule has 5 heteroatoms. The van der Waals surface area contributed by atoms with E-state index in [1.165, 1.54) is 0 Å². The van der Waals surface area contributed by atoms with E-state index in [0.29, 0.717) is 17.8 Å². The summed E-state index contributed by atoms with van der Waals surface area (Å²) in [6.07, 6.45) is 0. The number of aromatic nitrogens is 2. The van der Waals surface area contributed by atoms with E-state index in [2.05, 4.69) is 15.0 Å². The molecule has 76 valence electrons. The molecular formula is C9H14N4O. The van der Waals surface area contributed by atoms with E-state index in [4.69, 9.17) is 5.73 Å². The monoisotopic (exact) mass is 194 g/mol. The van der Waals surface area contributed by atoms with Crippen molar-refractivity contribution in [1.82, 2.24) is 9.97 Å². The Labute approximate surface area is 82.1 Å². The van der Waals surface area contributed by atoms with Crippen LogP contribution in [-0.2, 0) is 0 Å². The Bertz CT molecular complexity index is 419. The van der Waals surface area contributed by atoms with Gasteiger partial charge < -0.3 is 5.73 Å². The summed E-state index contributed by atoms with van der Waals surface area (Å²) in [5.74, 6) is 0.126. The molecule has 1 aromatic rings. The number of nitrogen functional groups attached to an aromatic ring is 1. The maximum Gasteiger partial charge on any atom is 0.255 e. The van der Waals surface area contributed by atoms with Crippen LogP contribution >= 0.6 is 0 Å². The van der Waals surface area contributed by atoms with Crippen LogP contribution in [0.4, 0.5) is 5.95 Å². The van der Waals surface area contributed by atoms with Gasteiger partial charge >= 0.3 is 0 Å². The fourth-order valence-electron chi connectivity index (χ4n) is 1.21. The van der Waals surface area contributed by atoms with E-state index in [1.54, 1.807) is 6.92 Å². The van der Waals surface area contributed by atoms with Crippen LogP contribution in [0.2, 0.25) is 0 Å². The third kappa shape index (κ3) is 1.99. The Hall–Kier alpha value is -1.65. The summed E-state index contributed by atoms with van der Waals surface area (Å²) in [6, 6.07) is 0. The first kappa shape index (κ1) is 10.4. The third-order valence-electron chi connectivity index (χ3n) is 1.91. The molecule has 0 aliphatic carbocycles. The summed E-state index contributed by atoms with van der Waals surface area (Å²) >= 11 is 0. The standard InChI is InChI=1S/C9H14N4O/c1-4-11-6(3)7-5(2)8(14)13-9(10)12-7/h4H2,1-3H3,(H3,10,12,13,14). The van der Waals surface area contributed by atoms with Crippen LogP contribution in [0.15, 0.2) is 9.79 Å². The van der Waals surface area contributed by atoms with Crippen molar-refractivity contribution in [3.05, 3.63) is 21.6 Å². The van der Waals surface area contributed by atoms with Crippen LogP contribution in [0.5, 0.6) is 0 Å². The van der Waals surface area contributed by atoms with Gasteiger partial charge in [-0.2, -0.15) is 0 Å². The second-order valence-corrected chi connectivity index (χ2v) is 2.98. The molecule has 0 aliphatic rings. The molecule has 1 rings (SSSR count). The van der Waals surface area contributed by atoms with Gasteiger partial charge in [-0.1, -0.05) is 0 Å². The van der Waals surface area contributed by atoms with Crippen molar-refractivity contribution in [3.63, 3.8) is 0 Å². The maximum atomic E-state index is 11.3. The molecule has 0 saturated heterocycles. The third-order valence-corrected chi connectivity index (χ3v) is 1.91. The summed E-state index contributed by atoms with van der Waals surface area (Å²) in [5.41, 5.74) is 7.10. The number of anilines is 1. The first-order valence-corrected chi connectivity index (χ1v) is 4.44. The van der Waals surface area contributed by atoms with Crippen molar-refractivity contribution < 1.29 is 0 Å². The van der Waals surface area contributed by atoms with Crippen molar-refractivity contribution in [2.45, 2.75) is 20.8 Å². The second-order valence-electron chi connectivity index (χ2n) is 2.98. The van der Waals surface area contributed by atoms with Gasteiger partial charge in [0.2, 0.25) is 5.95 Å². The smallest absolute Gasteiger partial charge is 0.255 e.